The van der Waals surface area contributed by atoms with Gasteiger partial charge in [-0.3, -0.25) is 9.59 Å². The second kappa shape index (κ2) is 5.95. The average molecular weight is 241 g/mol. The monoisotopic (exact) mass is 241 g/mol. The van der Waals surface area contributed by atoms with Crippen molar-refractivity contribution in [1.29, 1.82) is 0 Å². The molecule has 0 aromatic heterocycles. The Morgan fingerprint density at radius 3 is 2.59 bits per heavy atom. The van der Waals surface area contributed by atoms with Gasteiger partial charge in [0.15, 0.2) is 5.78 Å². The molecule has 5 nitrogen and oxygen atoms in total. The van der Waals surface area contributed by atoms with E-state index in [1.807, 2.05) is 0 Å². The molecule has 17 heavy (non-hydrogen) atoms. The number of hydrogen-bond donors (Lipinski definition) is 1. The van der Waals surface area contributed by atoms with Crippen LogP contribution >= 0.6 is 0 Å². The number of nitrogens with two attached hydrogens (primary N) is 1. The zero-order chi connectivity index (χ0) is 12.8. The van der Waals surface area contributed by atoms with E-state index in [4.69, 9.17) is 10.5 Å². The molecule has 1 amide bonds. The SMILES string of the molecule is COCC(=O)COc1ccc(C(N)=O)c(F)c1. The number of Topliss-reactive ketones (excluding diaryl/α,β-unsaturated/α-hetero) is 1. The van der Waals surface area contributed by atoms with Gasteiger partial charge in [0.1, 0.15) is 24.8 Å². The van der Waals surface area contributed by atoms with Gasteiger partial charge in [0.2, 0.25) is 0 Å². The lowest BCUT2D eigenvalue weighted by atomic mass is 10.2. The third-order valence-corrected chi connectivity index (χ3v) is 1.91. The lowest BCUT2D eigenvalue weighted by Gasteiger charge is -2.06. The number of ether oxygens (including phenoxy) is 2. The summed E-state index contributed by atoms with van der Waals surface area (Å²) in [6.07, 6.45) is 0. The van der Waals surface area contributed by atoms with Crippen molar-refractivity contribution in [3.63, 3.8) is 0 Å². The standard InChI is InChI=1S/C11H12FNO4/c1-16-5-7(14)6-17-8-2-3-9(11(13)15)10(12)4-8/h2-4H,5-6H2,1H3,(H2,13,15). The van der Waals surface area contributed by atoms with Crippen molar-refractivity contribution >= 4 is 11.7 Å². The van der Waals surface area contributed by atoms with Crippen LogP contribution in [0.2, 0.25) is 0 Å². The molecule has 92 valence electrons. The van der Waals surface area contributed by atoms with Crippen molar-refractivity contribution in [2.24, 2.45) is 5.73 Å². The quantitative estimate of drug-likeness (QED) is 0.787. The molecule has 0 bridgehead atoms. The number of hydrogen-bond acceptors (Lipinski definition) is 4. The third kappa shape index (κ3) is 3.84. The first-order chi connectivity index (χ1) is 8.04. The fourth-order valence-electron chi connectivity index (χ4n) is 1.15. The highest BCUT2D eigenvalue weighted by atomic mass is 19.1. The molecular weight excluding hydrogens is 229 g/mol. The predicted molar refractivity (Wildman–Crippen MR) is 57.3 cm³/mol. The summed E-state index contributed by atoms with van der Waals surface area (Å²) in [5.74, 6) is -1.76. The molecule has 0 unspecified atom stereocenters. The Balaban J connectivity index is 2.65. The van der Waals surface area contributed by atoms with E-state index >= 15 is 0 Å². The van der Waals surface area contributed by atoms with Crippen LogP contribution in [0.3, 0.4) is 0 Å². The van der Waals surface area contributed by atoms with Crippen LogP contribution in [-0.4, -0.2) is 32.0 Å². The van der Waals surface area contributed by atoms with Crippen LogP contribution in [0.15, 0.2) is 18.2 Å². The molecule has 0 heterocycles. The summed E-state index contributed by atoms with van der Waals surface area (Å²) in [6.45, 7) is -0.287. The van der Waals surface area contributed by atoms with Crippen molar-refractivity contribution in [2.75, 3.05) is 20.3 Å². The zero-order valence-corrected chi connectivity index (χ0v) is 9.23. The number of benzene rings is 1. The molecule has 0 radical (unpaired) electrons. The van der Waals surface area contributed by atoms with Crippen LogP contribution in [0.4, 0.5) is 4.39 Å². The molecular formula is C11H12FNO4. The molecule has 0 saturated heterocycles. The van der Waals surface area contributed by atoms with E-state index in [9.17, 15) is 14.0 Å². The van der Waals surface area contributed by atoms with Crippen molar-refractivity contribution in [2.45, 2.75) is 0 Å². The fraction of sp³-hybridized carbons (Fsp3) is 0.273. The van der Waals surface area contributed by atoms with E-state index in [1.165, 1.54) is 19.2 Å². The molecule has 2 N–H and O–H groups in total. The number of amides is 1. The number of rotatable bonds is 6. The van der Waals surface area contributed by atoms with Gasteiger partial charge in [-0.05, 0) is 12.1 Å². The number of halogens is 1. The van der Waals surface area contributed by atoms with Gasteiger partial charge in [-0.25, -0.2) is 4.39 Å². The van der Waals surface area contributed by atoms with Gasteiger partial charge in [-0.1, -0.05) is 0 Å². The Labute approximate surface area is 97.3 Å². The summed E-state index contributed by atoms with van der Waals surface area (Å²) < 4.78 is 22.9. The lowest BCUT2D eigenvalue weighted by Crippen LogP contribution is -2.17. The van der Waals surface area contributed by atoms with Crippen molar-refractivity contribution in [3.8, 4) is 5.75 Å². The van der Waals surface area contributed by atoms with Gasteiger partial charge in [0.05, 0.1) is 5.56 Å². The van der Waals surface area contributed by atoms with Gasteiger partial charge in [0.25, 0.3) is 5.91 Å². The van der Waals surface area contributed by atoms with Crippen LogP contribution in [0.25, 0.3) is 0 Å². The van der Waals surface area contributed by atoms with E-state index in [0.29, 0.717) is 0 Å². The van der Waals surface area contributed by atoms with E-state index in [0.717, 1.165) is 6.07 Å². The first-order valence-corrected chi connectivity index (χ1v) is 4.77. The average Bonchev–Trinajstić information content (AvgIpc) is 2.26. The summed E-state index contributed by atoms with van der Waals surface area (Å²) in [5.41, 5.74) is 4.71. The molecule has 1 aromatic carbocycles. The summed E-state index contributed by atoms with van der Waals surface area (Å²) in [6, 6.07) is 3.57. The Bertz CT molecular complexity index is 433. The number of ketones is 1. The highest BCUT2D eigenvalue weighted by Crippen LogP contribution is 2.16. The molecule has 0 fully saturated rings. The van der Waals surface area contributed by atoms with Gasteiger partial charge < -0.3 is 15.2 Å². The molecule has 0 aliphatic rings. The number of methoxy groups -OCH3 is 1. The Hall–Kier alpha value is -1.95. The van der Waals surface area contributed by atoms with Crippen molar-refractivity contribution in [1.82, 2.24) is 0 Å². The summed E-state index contributed by atoms with van der Waals surface area (Å²) in [5, 5.41) is 0. The van der Waals surface area contributed by atoms with E-state index in [1.54, 1.807) is 0 Å². The molecule has 1 rings (SSSR count). The molecule has 6 heteroatoms. The highest BCUT2D eigenvalue weighted by molar-refractivity contribution is 5.93. The van der Waals surface area contributed by atoms with Gasteiger partial charge in [-0.15, -0.1) is 0 Å². The van der Waals surface area contributed by atoms with Crippen LogP contribution < -0.4 is 10.5 Å². The van der Waals surface area contributed by atoms with Gasteiger partial charge in [0, 0.05) is 13.2 Å². The molecule has 0 aliphatic carbocycles. The number of carbonyl (C=O) groups excluding carboxylic acids is 2. The summed E-state index contributed by atoms with van der Waals surface area (Å²) in [4.78, 5) is 21.8. The van der Waals surface area contributed by atoms with Crippen molar-refractivity contribution < 1.29 is 23.5 Å². The maximum atomic E-state index is 13.3. The van der Waals surface area contributed by atoms with Crippen LogP contribution in [-0.2, 0) is 9.53 Å². The highest BCUT2D eigenvalue weighted by Gasteiger charge is 2.10. The first-order valence-electron chi connectivity index (χ1n) is 4.77. The van der Waals surface area contributed by atoms with Crippen LogP contribution in [0.1, 0.15) is 10.4 Å². The Morgan fingerprint density at radius 2 is 2.06 bits per heavy atom. The van der Waals surface area contributed by atoms with Gasteiger partial charge in [-0.2, -0.15) is 0 Å². The smallest absolute Gasteiger partial charge is 0.251 e. The third-order valence-electron chi connectivity index (χ3n) is 1.91. The molecule has 0 saturated carbocycles. The normalized spacial score (nSPS) is 10.0. The zero-order valence-electron chi connectivity index (χ0n) is 9.23. The maximum absolute atomic E-state index is 13.3. The van der Waals surface area contributed by atoms with Crippen LogP contribution in [0, 0.1) is 5.82 Å². The van der Waals surface area contributed by atoms with Crippen molar-refractivity contribution in [3.05, 3.63) is 29.6 Å². The Kier molecular flexibility index (Phi) is 4.59. The van der Waals surface area contributed by atoms with E-state index in [-0.39, 0.29) is 30.3 Å². The predicted octanol–water partition coefficient (Wildman–Crippen LogP) is 0.519. The number of carbonyl (C=O) groups is 2. The molecule has 0 spiro atoms. The summed E-state index contributed by atoms with van der Waals surface area (Å²) in [7, 11) is 1.39. The summed E-state index contributed by atoms with van der Waals surface area (Å²) >= 11 is 0. The minimum absolute atomic E-state index is 0.0676. The fourth-order valence-corrected chi connectivity index (χ4v) is 1.15. The Morgan fingerprint density at radius 1 is 1.35 bits per heavy atom. The van der Waals surface area contributed by atoms with Crippen LogP contribution in [0.5, 0.6) is 5.75 Å². The maximum Gasteiger partial charge on any atom is 0.251 e. The number of primary amides is 1. The van der Waals surface area contributed by atoms with E-state index in [2.05, 4.69) is 4.74 Å². The minimum atomic E-state index is -0.857. The first kappa shape index (κ1) is 13.1. The molecule has 0 atom stereocenters. The topological polar surface area (TPSA) is 78.6 Å². The van der Waals surface area contributed by atoms with Gasteiger partial charge >= 0.3 is 0 Å². The molecule has 0 aliphatic heterocycles. The van der Waals surface area contributed by atoms with E-state index < -0.39 is 11.7 Å². The molecule has 1 aromatic rings. The largest absolute Gasteiger partial charge is 0.486 e. The second-order valence-electron chi connectivity index (χ2n) is 3.27. The second-order valence-corrected chi connectivity index (χ2v) is 3.27. The minimum Gasteiger partial charge on any atom is -0.486 e. The lowest BCUT2D eigenvalue weighted by molar-refractivity contribution is -0.124.